The number of amides is 1. The van der Waals surface area contributed by atoms with Crippen LogP contribution in [0.1, 0.15) is 35.1 Å². The summed E-state index contributed by atoms with van der Waals surface area (Å²) in [6.07, 6.45) is 1.83. The molecule has 1 aliphatic rings. The average molecular weight is 246 g/mol. The van der Waals surface area contributed by atoms with Gasteiger partial charge in [-0.2, -0.15) is 0 Å². The molecule has 18 heavy (non-hydrogen) atoms. The van der Waals surface area contributed by atoms with E-state index in [0.29, 0.717) is 6.54 Å². The van der Waals surface area contributed by atoms with Gasteiger partial charge in [0.05, 0.1) is 5.41 Å². The summed E-state index contributed by atoms with van der Waals surface area (Å²) in [5.41, 5.74) is 11.1. The molecule has 0 aliphatic heterocycles. The van der Waals surface area contributed by atoms with Gasteiger partial charge in [-0.1, -0.05) is 6.07 Å². The van der Waals surface area contributed by atoms with Gasteiger partial charge in [0.25, 0.3) is 0 Å². The molecule has 3 N–H and O–H groups in total. The first-order chi connectivity index (χ1) is 8.41. The van der Waals surface area contributed by atoms with Crippen molar-refractivity contribution in [3.8, 4) is 0 Å². The van der Waals surface area contributed by atoms with Crippen LogP contribution in [0.15, 0.2) is 6.07 Å². The number of anilines is 1. The van der Waals surface area contributed by atoms with E-state index in [4.69, 9.17) is 5.73 Å². The van der Waals surface area contributed by atoms with Crippen molar-refractivity contribution in [3.63, 3.8) is 0 Å². The third kappa shape index (κ3) is 2.03. The van der Waals surface area contributed by atoms with Crippen molar-refractivity contribution in [2.75, 3.05) is 11.9 Å². The van der Waals surface area contributed by atoms with Crippen molar-refractivity contribution in [1.82, 2.24) is 0 Å². The highest BCUT2D eigenvalue weighted by Crippen LogP contribution is 2.45. The molecule has 1 aliphatic carbocycles. The summed E-state index contributed by atoms with van der Waals surface area (Å²) in [5.74, 6) is 0.0844. The monoisotopic (exact) mass is 246 g/mol. The summed E-state index contributed by atoms with van der Waals surface area (Å²) in [7, 11) is 0. The second kappa shape index (κ2) is 4.39. The minimum Gasteiger partial charge on any atom is -0.329 e. The molecule has 0 unspecified atom stereocenters. The smallest absolute Gasteiger partial charge is 0.231 e. The third-order valence-electron chi connectivity index (χ3n) is 4.33. The Hall–Kier alpha value is -1.35. The molecule has 0 heterocycles. The molecule has 0 radical (unpaired) electrons. The lowest BCUT2D eigenvalue weighted by molar-refractivity contribution is -0.120. The van der Waals surface area contributed by atoms with Crippen molar-refractivity contribution in [1.29, 1.82) is 0 Å². The Kier molecular flexibility index (Phi) is 3.20. The molecule has 1 aromatic rings. The largest absolute Gasteiger partial charge is 0.329 e. The normalized spacial score (nSPS) is 16.5. The Balaban J connectivity index is 2.32. The Bertz CT molecular complexity index is 475. The summed E-state index contributed by atoms with van der Waals surface area (Å²) in [5, 5.41) is 3.09. The first-order valence-corrected chi connectivity index (χ1v) is 6.50. The zero-order valence-corrected chi connectivity index (χ0v) is 11.7. The minimum absolute atomic E-state index is 0.0844. The van der Waals surface area contributed by atoms with E-state index in [1.54, 1.807) is 0 Å². The van der Waals surface area contributed by atoms with Gasteiger partial charge in [-0.25, -0.2) is 0 Å². The highest BCUT2D eigenvalue weighted by Gasteiger charge is 2.48. The van der Waals surface area contributed by atoms with E-state index in [2.05, 4.69) is 39.1 Å². The summed E-state index contributed by atoms with van der Waals surface area (Å²) >= 11 is 0. The number of nitrogens with two attached hydrogens (primary N) is 1. The van der Waals surface area contributed by atoms with Crippen LogP contribution in [0.2, 0.25) is 0 Å². The Labute approximate surface area is 109 Å². The maximum Gasteiger partial charge on any atom is 0.231 e. The van der Waals surface area contributed by atoms with Gasteiger partial charge in [0, 0.05) is 12.2 Å². The van der Waals surface area contributed by atoms with E-state index in [1.165, 1.54) is 11.1 Å². The number of nitrogens with one attached hydrogen (secondary N) is 1. The van der Waals surface area contributed by atoms with Crippen molar-refractivity contribution in [2.45, 2.75) is 40.5 Å². The van der Waals surface area contributed by atoms with Crippen LogP contribution >= 0.6 is 0 Å². The Morgan fingerprint density at radius 3 is 2.11 bits per heavy atom. The highest BCUT2D eigenvalue weighted by molar-refractivity contribution is 5.98. The number of hydrogen-bond acceptors (Lipinski definition) is 2. The highest BCUT2D eigenvalue weighted by atomic mass is 16.2. The minimum atomic E-state index is -0.295. The molecule has 0 spiro atoms. The zero-order valence-electron chi connectivity index (χ0n) is 11.7. The maximum absolute atomic E-state index is 12.3. The average Bonchev–Trinajstić information content (AvgIpc) is 3.13. The van der Waals surface area contributed by atoms with Gasteiger partial charge in [-0.3, -0.25) is 4.79 Å². The van der Waals surface area contributed by atoms with E-state index < -0.39 is 0 Å². The summed E-state index contributed by atoms with van der Waals surface area (Å²) in [6.45, 7) is 8.71. The number of hydrogen-bond donors (Lipinski definition) is 2. The van der Waals surface area contributed by atoms with Crippen LogP contribution in [0, 0.1) is 33.1 Å². The molecule has 0 atom stereocenters. The SMILES string of the molecule is Cc1cc(C)c(C)c(NC(=O)C2(CN)CC2)c1C. The van der Waals surface area contributed by atoms with Gasteiger partial charge in [-0.05, 0) is 62.8 Å². The molecule has 0 aromatic heterocycles. The second-order valence-electron chi connectivity index (χ2n) is 5.57. The van der Waals surface area contributed by atoms with Crippen molar-refractivity contribution in [2.24, 2.45) is 11.1 Å². The Morgan fingerprint density at radius 1 is 1.22 bits per heavy atom. The lowest BCUT2D eigenvalue weighted by atomic mass is 9.97. The fourth-order valence-corrected chi connectivity index (χ4v) is 2.33. The van der Waals surface area contributed by atoms with E-state index >= 15 is 0 Å². The van der Waals surface area contributed by atoms with Gasteiger partial charge < -0.3 is 11.1 Å². The molecule has 0 bridgehead atoms. The summed E-state index contributed by atoms with van der Waals surface area (Å²) in [6, 6.07) is 2.16. The van der Waals surface area contributed by atoms with Gasteiger partial charge in [0.1, 0.15) is 0 Å². The predicted molar refractivity (Wildman–Crippen MR) is 74.7 cm³/mol. The van der Waals surface area contributed by atoms with Crippen LogP contribution in [0.4, 0.5) is 5.69 Å². The van der Waals surface area contributed by atoms with Crippen LogP contribution in [0.25, 0.3) is 0 Å². The van der Waals surface area contributed by atoms with Crippen LogP contribution in [-0.4, -0.2) is 12.5 Å². The number of benzene rings is 1. The summed E-state index contributed by atoms with van der Waals surface area (Å²) < 4.78 is 0. The fourth-order valence-electron chi connectivity index (χ4n) is 2.33. The molecule has 0 saturated heterocycles. The maximum atomic E-state index is 12.3. The van der Waals surface area contributed by atoms with Crippen LogP contribution in [0.5, 0.6) is 0 Å². The lowest BCUT2D eigenvalue weighted by Gasteiger charge is -2.19. The lowest BCUT2D eigenvalue weighted by Crippen LogP contribution is -2.31. The van der Waals surface area contributed by atoms with Crippen molar-refractivity contribution < 1.29 is 4.79 Å². The first kappa shape index (κ1) is 13.1. The fraction of sp³-hybridized carbons (Fsp3) is 0.533. The predicted octanol–water partition coefficient (Wildman–Crippen LogP) is 2.60. The molecular weight excluding hydrogens is 224 g/mol. The van der Waals surface area contributed by atoms with Gasteiger partial charge in [-0.15, -0.1) is 0 Å². The third-order valence-corrected chi connectivity index (χ3v) is 4.33. The first-order valence-electron chi connectivity index (χ1n) is 6.50. The molecule has 2 rings (SSSR count). The number of rotatable bonds is 3. The molecule has 3 heteroatoms. The van der Waals surface area contributed by atoms with Crippen molar-refractivity contribution in [3.05, 3.63) is 28.3 Å². The molecule has 98 valence electrons. The van der Waals surface area contributed by atoms with Crippen LogP contribution in [-0.2, 0) is 4.79 Å². The Morgan fingerprint density at radius 2 is 1.72 bits per heavy atom. The van der Waals surface area contributed by atoms with Crippen molar-refractivity contribution >= 4 is 11.6 Å². The van der Waals surface area contributed by atoms with Crippen LogP contribution < -0.4 is 11.1 Å². The molecule has 1 aromatic carbocycles. The van der Waals surface area contributed by atoms with Gasteiger partial charge >= 0.3 is 0 Å². The van der Waals surface area contributed by atoms with Crippen LogP contribution in [0.3, 0.4) is 0 Å². The zero-order chi connectivity index (χ0) is 13.5. The summed E-state index contributed by atoms with van der Waals surface area (Å²) in [4.78, 5) is 12.3. The number of carbonyl (C=O) groups is 1. The van der Waals surface area contributed by atoms with Gasteiger partial charge in [0.2, 0.25) is 5.91 Å². The van der Waals surface area contributed by atoms with Gasteiger partial charge in [0.15, 0.2) is 0 Å². The van der Waals surface area contributed by atoms with E-state index in [1.807, 2.05) is 0 Å². The standard InChI is InChI=1S/C15H22N2O/c1-9-7-10(2)12(4)13(11(9)3)17-14(18)15(8-16)5-6-15/h7H,5-6,8,16H2,1-4H3,(H,17,18). The number of aryl methyl sites for hydroxylation is 2. The molecule has 1 amide bonds. The molecule has 3 nitrogen and oxygen atoms in total. The second-order valence-corrected chi connectivity index (χ2v) is 5.57. The molecular formula is C15H22N2O. The molecule has 1 saturated carbocycles. The molecule has 1 fully saturated rings. The van der Waals surface area contributed by atoms with E-state index in [-0.39, 0.29) is 11.3 Å². The topological polar surface area (TPSA) is 55.1 Å². The quantitative estimate of drug-likeness (QED) is 0.861. The van der Waals surface area contributed by atoms with E-state index in [9.17, 15) is 4.79 Å². The van der Waals surface area contributed by atoms with E-state index in [0.717, 1.165) is 29.7 Å². The number of carbonyl (C=O) groups excluding carboxylic acids is 1.